The lowest BCUT2D eigenvalue weighted by Crippen LogP contribution is -2.36. The first-order valence-corrected chi connectivity index (χ1v) is 6.98. The third-order valence-corrected chi connectivity index (χ3v) is 3.45. The molecule has 124 valence electrons. The van der Waals surface area contributed by atoms with Gasteiger partial charge in [-0.2, -0.15) is 5.10 Å². The van der Waals surface area contributed by atoms with E-state index in [0.29, 0.717) is 24.7 Å². The summed E-state index contributed by atoms with van der Waals surface area (Å²) < 4.78 is 47.7. The smallest absolute Gasteiger partial charge is 0.406 e. The second-order valence-corrected chi connectivity index (χ2v) is 5.19. The number of ether oxygens (including phenoxy) is 2. The summed E-state index contributed by atoms with van der Waals surface area (Å²) in [5.74, 6) is 0.331. The van der Waals surface area contributed by atoms with Gasteiger partial charge < -0.3 is 14.4 Å². The molecule has 9 heteroatoms. The average molecular weight is 328 g/mol. The highest BCUT2D eigenvalue weighted by molar-refractivity contribution is 5.37. The van der Waals surface area contributed by atoms with Crippen LogP contribution in [0, 0.1) is 0 Å². The van der Waals surface area contributed by atoms with E-state index in [1.807, 2.05) is 7.05 Å². The van der Waals surface area contributed by atoms with Gasteiger partial charge in [0, 0.05) is 13.1 Å². The first-order chi connectivity index (χ1) is 10.9. The molecule has 1 saturated heterocycles. The third kappa shape index (κ3) is 3.80. The van der Waals surface area contributed by atoms with E-state index in [0.717, 1.165) is 6.54 Å². The van der Waals surface area contributed by atoms with Gasteiger partial charge in [-0.1, -0.05) is 0 Å². The summed E-state index contributed by atoms with van der Waals surface area (Å²) >= 11 is 0. The minimum absolute atomic E-state index is 0.234. The van der Waals surface area contributed by atoms with Crippen LogP contribution < -0.4 is 4.74 Å². The van der Waals surface area contributed by atoms with Crippen LogP contribution in [0.15, 0.2) is 30.6 Å². The van der Waals surface area contributed by atoms with Crippen molar-refractivity contribution in [1.82, 2.24) is 19.7 Å². The standard InChI is InChI=1S/C14H15F3N4O2/c1-20-6-7-22-12(8-20)13-18-9-19-21(13)10-2-4-11(5-3-10)23-14(15,16)17/h2-5,9,12H,6-8H2,1H3. The van der Waals surface area contributed by atoms with Crippen LogP contribution >= 0.6 is 0 Å². The fraction of sp³-hybridized carbons (Fsp3) is 0.429. The maximum Gasteiger partial charge on any atom is 0.573 e. The summed E-state index contributed by atoms with van der Waals surface area (Å²) in [4.78, 5) is 6.34. The SMILES string of the molecule is CN1CCOC(c2ncnn2-c2ccc(OC(F)(F)F)cc2)C1. The molecule has 1 aliphatic heterocycles. The third-order valence-electron chi connectivity index (χ3n) is 3.45. The molecule has 1 fully saturated rings. The highest BCUT2D eigenvalue weighted by Gasteiger charge is 2.31. The lowest BCUT2D eigenvalue weighted by atomic mass is 10.2. The summed E-state index contributed by atoms with van der Waals surface area (Å²) in [6.45, 7) is 2.11. The van der Waals surface area contributed by atoms with Crippen molar-refractivity contribution in [1.29, 1.82) is 0 Å². The van der Waals surface area contributed by atoms with E-state index in [1.54, 1.807) is 4.68 Å². The van der Waals surface area contributed by atoms with Gasteiger partial charge in [0.15, 0.2) is 5.82 Å². The van der Waals surface area contributed by atoms with E-state index in [9.17, 15) is 13.2 Å². The molecule has 3 rings (SSSR count). The van der Waals surface area contributed by atoms with Gasteiger partial charge >= 0.3 is 6.36 Å². The number of aromatic nitrogens is 3. The lowest BCUT2D eigenvalue weighted by Gasteiger charge is -2.29. The molecule has 1 aromatic carbocycles. The molecule has 0 amide bonds. The molecule has 0 N–H and O–H groups in total. The first kappa shape index (κ1) is 15.8. The van der Waals surface area contributed by atoms with Crippen molar-refractivity contribution in [2.24, 2.45) is 0 Å². The topological polar surface area (TPSA) is 52.4 Å². The Balaban J connectivity index is 1.81. The Hall–Kier alpha value is -2.13. The lowest BCUT2D eigenvalue weighted by molar-refractivity contribution is -0.274. The minimum atomic E-state index is -4.71. The van der Waals surface area contributed by atoms with E-state index in [4.69, 9.17) is 4.74 Å². The van der Waals surface area contributed by atoms with E-state index < -0.39 is 6.36 Å². The number of alkyl halides is 3. The second-order valence-electron chi connectivity index (χ2n) is 5.19. The Morgan fingerprint density at radius 3 is 2.65 bits per heavy atom. The molecule has 0 saturated carbocycles. The largest absolute Gasteiger partial charge is 0.573 e. The van der Waals surface area contributed by atoms with Crippen molar-refractivity contribution >= 4 is 0 Å². The molecule has 2 aromatic rings. The molecule has 1 atom stereocenters. The van der Waals surface area contributed by atoms with Crippen LogP contribution in [0.25, 0.3) is 5.69 Å². The second kappa shape index (κ2) is 6.17. The Labute approximate surface area is 130 Å². The first-order valence-electron chi connectivity index (χ1n) is 6.98. The highest BCUT2D eigenvalue weighted by atomic mass is 19.4. The predicted octanol–water partition coefficient (Wildman–Crippen LogP) is 2.17. The van der Waals surface area contributed by atoms with Crippen molar-refractivity contribution in [2.45, 2.75) is 12.5 Å². The maximum atomic E-state index is 12.2. The molecular formula is C14H15F3N4O2. The molecular weight excluding hydrogens is 313 g/mol. The minimum Gasteiger partial charge on any atom is -0.406 e. The number of halogens is 3. The summed E-state index contributed by atoms with van der Waals surface area (Å²) in [7, 11) is 1.99. The monoisotopic (exact) mass is 328 g/mol. The molecule has 0 spiro atoms. The van der Waals surface area contributed by atoms with Gasteiger partial charge in [-0.05, 0) is 31.3 Å². The van der Waals surface area contributed by atoms with Crippen LogP contribution in [0.5, 0.6) is 5.75 Å². The zero-order valence-corrected chi connectivity index (χ0v) is 12.3. The molecule has 0 radical (unpaired) electrons. The maximum absolute atomic E-state index is 12.2. The number of rotatable bonds is 3. The van der Waals surface area contributed by atoms with Gasteiger partial charge in [0.05, 0.1) is 12.3 Å². The van der Waals surface area contributed by atoms with Crippen molar-refractivity contribution in [3.8, 4) is 11.4 Å². The van der Waals surface area contributed by atoms with Gasteiger partial charge in [-0.15, -0.1) is 13.2 Å². The highest BCUT2D eigenvalue weighted by Crippen LogP contribution is 2.25. The Kier molecular flexibility index (Phi) is 4.22. The van der Waals surface area contributed by atoms with E-state index in [-0.39, 0.29) is 11.9 Å². The fourth-order valence-corrected chi connectivity index (χ4v) is 2.39. The van der Waals surface area contributed by atoms with Crippen LogP contribution in [0.1, 0.15) is 11.9 Å². The molecule has 1 unspecified atom stereocenters. The van der Waals surface area contributed by atoms with Crippen molar-refractivity contribution in [2.75, 3.05) is 26.7 Å². The van der Waals surface area contributed by atoms with Gasteiger partial charge in [0.25, 0.3) is 0 Å². The van der Waals surface area contributed by atoms with Gasteiger partial charge in [-0.25, -0.2) is 9.67 Å². The molecule has 1 aliphatic rings. The summed E-state index contributed by atoms with van der Waals surface area (Å²) in [6.07, 6.45) is -3.55. The van der Waals surface area contributed by atoms with E-state index >= 15 is 0 Å². The van der Waals surface area contributed by atoms with Crippen LogP contribution in [-0.4, -0.2) is 52.8 Å². The van der Waals surface area contributed by atoms with E-state index in [1.165, 1.54) is 30.6 Å². The number of morpholine rings is 1. The average Bonchev–Trinajstić information content (AvgIpc) is 2.96. The van der Waals surface area contributed by atoms with Gasteiger partial charge in [0.2, 0.25) is 0 Å². The Morgan fingerprint density at radius 2 is 2.00 bits per heavy atom. The normalized spacial score (nSPS) is 19.7. The summed E-state index contributed by atoms with van der Waals surface area (Å²) in [5, 5.41) is 4.13. The van der Waals surface area contributed by atoms with Crippen LogP contribution in [0.3, 0.4) is 0 Å². The Morgan fingerprint density at radius 1 is 1.26 bits per heavy atom. The molecule has 6 nitrogen and oxygen atoms in total. The van der Waals surface area contributed by atoms with Crippen LogP contribution in [0.4, 0.5) is 13.2 Å². The van der Waals surface area contributed by atoms with E-state index in [2.05, 4.69) is 19.7 Å². The molecule has 0 bridgehead atoms. The van der Waals surface area contributed by atoms with Crippen molar-refractivity contribution in [3.63, 3.8) is 0 Å². The molecule has 2 heterocycles. The van der Waals surface area contributed by atoms with Crippen LogP contribution in [-0.2, 0) is 4.74 Å². The summed E-state index contributed by atoms with van der Waals surface area (Å²) in [5.41, 5.74) is 0.587. The number of nitrogens with zero attached hydrogens (tertiary/aromatic N) is 4. The summed E-state index contributed by atoms with van der Waals surface area (Å²) in [6, 6.07) is 5.46. The molecule has 23 heavy (non-hydrogen) atoms. The number of hydrogen-bond acceptors (Lipinski definition) is 5. The molecule has 1 aromatic heterocycles. The zero-order valence-electron chi connectivity index (χ0n) is 12.3. The van der Waals surface area contributed by atoms with Crippen LogP contribution in [0.2, 0.25) is 0 Å². The quantitative estimate of drug-likeness (QED) is 0.864. The zero-order chi connectivity index (χ0) is 16.4. The predicted molar refractivity (Wildman–Crippen MR) is 74.2 cm³/mol. The Bertz CT molecular complexity index is 657. The number of hydrogen-bond donors (Lipinski definition) is 0. The van der Waals surface area contributed by atoms with Crippen molar-refractivity contribution < 1.29 is 22.6 Å². The number of benzene rings is 1. The fourth-order valence-electron chi connectivity index (χ4n) is 2.39. The number of likely N-dealkylation sites (N-methyl/N-ethyl adjacent to an activating group) is 1. The molecule has 0 aliphatic carbocycles. The van der Waals surface area contributed by atoms with Gasteiger partial charge in [0.1, 0.15) is 18.2 Å². The van der Waals surface area contributed by atoms with Gasteiger partial charge in [-0.3, -0.25) is 0 Å². The van der Waals surface area contributed by atoms with Crippen molar-refractivity contribution in [3.05, 3.63) is 36.4 Å².